The van der Waals surface area contributed by atoms with Crippen LogP contribution in [0, 0.1) is 20.8 Å². The molecule has 0 atom stereocenters. The molecule has 0 heterocycles. The zero-order valence-corrected chi connectivity index (χ0v) is 14.1. The smallest absolute Gasteiger partial charge is 0.331 e. The molecular weight excluding hydrogens is 302 g/mol. The van der Waals surface area contributed by atoms with Gasteiger partial charge in [0.25, 0.3) is 5.91 Å². The van der Waals surface area contributed by atoms with Crippen LogP contribution in [0.2, 0.25) is 0 Å². The van der Waals surface area contributed by atoms with Crippen LogP contribution in [0.4, 0.5) is 5.69 Å². The predicted molar refractivity (Wildman–Crippen MR) is 95.7 cm³/mol. The largest absolute Gasteiger partial charge is 0.452 e. The minimum atomic E-state index is -0.548. The summed E-state index contributed by atoms with van der Waals surface area (Å²) < 4.78 is 4.96. The third-order valence-electron chi connectivity index (χ3n) is 3.68. The second-order valence-electron chi connectivity index (χ2n) is 5.65. The molecular formula is C20H21NO3. The number of esters is 1. The van der Waals surface area contributed by atoms with Crippen LogP contribution in [-0.4, -0.2) is 18.5 Å². The molecule has 0 saturated carbocycles. The molecule has 0 aliphatic rings. The molecule has 0 radical (unpaired) electrons. The molecule has 2 aromatic rings. The fourth-order valence-corrected chi connectivity index (χ4v) is 2.20. The molecule has 124 valence electrons. The minimum absolute atomic E-state index is 0.315. The van der Waals surface area contributed by atoms with Crippen LogP contribution in [0.25, 0.3) is 6.08 Å². The van der Waals surface area contributed by atoms with Gasteiger partial charge in [-0.05, 0) is 49.6 Å². The number of nitrogens with one attached hydrogen (secondary N) is 1. The highest BCUT2D eigenvalue weighted by molar-refractivity contribution is 5.95. The van der Waals surface area contributed by atoms with Crippen LogP contribution >= 0.6 is 0 Å². The lowest BCUT2D eigenvalue weighted by Crippen LogP contribution is -2.20. The first-order valence-corrected chi connectivity index (χ1v) is 7.73. The summed E-state index contributed by atoms with van der Waals surface area (Å²) in [6.45, 7) is 5.57. The topological polar surface area (TPSA) is 55.4 Å². The lowest BCUT2D eigenvalue weighted by Gasteiger charge is -2.10. The van der Waals surface area contributed by atoms with E-state index in [1.165, 1.54) is 6.08 Å². The second kappa shape index (κ2) is 8.11. The zero-order valence-electron chi connectivity index (χ0n) is 14.1. The van der Waals surface area contributed by atoms with Crippen molar-refractivity contribution in [3.05, 3.63) is 70.8 Å². The highest BCUT2D eigenvalue weighted by atomic mass is 16.5. The van der Waals surface area contributed by atoms with Crippen molar-refractivity contribution in [3.8, 4) is 0 Å². The van der Waals surface area contributed by atoms with Gasteiger partial charge in [-0.3, -0.25) is 4.79 Å². The summed E-state index contributed by atoms with van der Waals surface area (Å²) in [5, 5.41) is 2.75. The highest BCUT2D eigenvalue weighted by Gasteiger charge is 2.08. The lowest BCUT2D eigenvalue weighted by molar-refractivity contribution is -0.142. The molecule has 2 aromatic carbocycles. The number of rotatable bonds is 5. The van der Waals surface area contributed by atoms with Crippen LogP contribution in [0.3, 0.4) is 0 Å². The maximum atomic E-state index is 11.9. The van der Waals surface area contributed by atoms with E-state index in [9.17, 15) is 9.59 Å². The number of benzene rings is 2. The van der Waals surface area contributed by atoms with Crippen molar-refractivity contribution in [1.29, 1.82) is 0 Å². The van der Waals surface area contributed by atoms with Gasteiger partial charge in [0.15, 0.2) is 6.61 Å². The summed E-state index contributed by atoms with van der Waals surface area (Å²) in [5.74, 6) is -0.909. The Hall–Kier alpha value is -2.88. The summed E-state index contributed by atoms with van der Waals surface area (Å²) >= 11 is 0. The van der Waals surface area contributed by atoms with E-state index in [0.29, 0.717) is 0 Å². The van der Waals surface area contributed by atoms with E-state index in [4.69, 9.17) is 4.74 Å². The summed E-state index contributed by atoms with van der Waals surface area (Å²) in [4.78, 5) is 23.6. The molecule has 2 rings (SSSR count). The Kier molecular flexibility index (Phi) is 5.90. The van der Waals surface area contributed by atoms with Gasteiger partial charge in [-0.2, -0.15) is 0 Å². The van der Waals surface area contributed by atoms with E-state index in [0.717, 1.165) is 27.9 Å². The summed E-state index contributed by atoms with van der Waals surface area (Å²) in [5.41, 5.74) is 4.83. The van der Waals surface area contributed by atoms with Crippen molar-refractivity contribution in [3.63, 3.8) is 0 Å². The number of carbonyl (C=O) groups is 2. The van der Waals surface area contributed by atoms with Gasteiger partial charge in [0.1, 0.15) is 0 Å². The van der Waals surface area contributed by atoms with E-state index in [2.05, 4.69) is 5.32 Å². The van der Waals surface area contributed by atoms with E-state index >= 15 is 0 Å². The average molecular weight is 323 g/mol. The van der Waals surface area contributed by atoms with Gasteiger partial charge in [-0.25, -0.2) is 4.79 Å². The first-order chi connectivity index (χ1) is 11.5. The van der Waals surface area contributed by atoms with Gasteiger partial charge in [-0.1, -0.05) is 42.0 Å². The van der Waals surface area contributed by atoms with Crippen molar-refractivity contribution < 1.29 is 14.3 Å². The molecule has 0 aromatic heterocycles. The Morgan fingerprint density at radius 2 is 1.83 bits per heavy atom. The van der Waals surface area contributed by atoms with Crippen LogP contribution in [0.5, 0.6) is 0 Å². The van der Waals surface area contributed by atoms with E-state index in [1.54, 1.807) is 6.08 Å². The molecule has 0 spiro atoms. The molecule has 24 heavy (non-hydrogen) atoms. The summed E-state index contributed by atoms with van der Waals surface area (Å²) in [6, 6.07) is 13.4. The number of anilines is 1. The fourth-order valence-electron chi connectivity index (χ4n) is 2.20. The standard InChI is InChI=1S/C20H21NO3/c1-14-6-4-8-17(12-14)10-11-20(23)24-13-19(22)21-18-9-5-7-15(2)16(18)3/h4-12H,13H2,1-3H3,(H,21,22)/b11-10+. The molecule has 0 bridgehead atoms. The molecule has 1 N–H and O–H groups in total. The van der Waals surface area contributed by atoms with E-state index in [1.807, 2.05) is 63.2 Å². The van der Waals surface area contributed by atoms with Crippen molar-refractivity contribution in [2.45, 2.75) is 20.8 Å². The average Bonchev–Trinajstić information content (AvgIpc) is 2.55. The molecule has 0 fully saturated rings. The van der Waals surface area contributed by atoms with Gasteiger partial charge in [-0.15, -0.1) is 0 Å². The first kappa shape index (κ1) is 17.5. The zero-order chi connectivity index (χ0) is 17.5. The van der Waals surface area contributed by atoms with Crippen LogP contribution in [-0.2, 0) is 14.3 Å². The number of ether oxygens (including phenoxy) is 1. The van der Waals surface area contributed by atoms with Gasteiger partial charge >= 0.3 is 5.97 Å². The SMILES string of the molecule is Cc1cccc(/C=C/C(=O)OCC(=O)Nc2cccc(C)c2C)c1. The summed E-state index contributed by atoms with van der Waals surface area (Å²) in [6.07, 6.45) is 2.98. The van der Waals surface area contributed by atoms with E-state index in [-0.39, 0.29) is 12.5 Å². The number of amides is 1. The van der Waals surface area contributed by atoms with Gasteiger partial charge < -0.3 is 10.1 Å². The number of aryl methyl sites for hydroxylation is 2. The third kappa shape index (κ3) is 5.09. The first-order valence-electron chi connectivity index (χ1n) is 7.73. The molecule has 4 heteroatoms. The maximum Gasteiger partial charge on any atom is 0.331 e. The van der Waals surface area contributed by atoms with Crippen molar-refractivity contribution >= 4 is 23.6 Å². The van der Waals surface area contributed by atoms with Crippen LogP contribution < -0.4 is 5.32 Å². The third-order valence-corrected chi connectivity index (χ3v) is 3.68. The maximum absolute atomic E-state index is 11.9. The minimum Gasteiger partial charge on any atom is -0.452 e. The number of hydrogen-bond donors (Lipinski definition) is 1. The lowest BCUT2D eigenvalue weighted by atomic mass is 10.1. The molecule has 0 aliphatic heterocycles. The van der Waals surface area contributed by atoms with Crippen molar-refractivity contribution in [2.75, 3.05) is 11.9 Å². The van der Waals surface area contributed by atoms with Crippen LogP contribution in [0.15, 0.2) is 48.5 Å². The predicted octanol–water partition coefficient (Wildman–Crippen LogP) is 3.81. The molecule has 4 nitrogen and oxygen atoms in total. The normalized spacial score (nSPS) is 10.6. The van der Waals surface area contributed by atoms with Crippen molar-refractivity contribution in [1.82, 2.24) is 0 Å². The molecule has 1 amide bonds. The quantitative estimate of drug-likeness (QED) is 0.672. The van der Waals surface area contributed by atoms with Gasteiger partial charge in [0.2, 0.25) is 0 Å². The Labute approximate surface area is 142 Å². The Balaban J connectivity index is 1.85. The van der Waals surface area contributed by atoms with Crippen molar-refractivity contribution in [2.24, 2.45) is 0 Å². The molecule has 0 aliphatic carbocycles. The monoisotopic (exact) mass is 323 g/mol. The van der Waals surface area contributed by atoms with Gasteiger partial charge in [0.05, 0.1) is 0 Å². The molecule has 0 unspecified atom stereocenters. The number of carbonyl (C=O) groups excluding carboxylic acids is 2. The second-order valence-corrected chi connectivity index (χ2v) is 5.65. The number of hydrogen-bond acceptors (Lipinski definition) is 3. The Bertz CT molecular complexity index is 778. The highest BCUT2D eigenvalue weighted by Crippen LogP contribution is 2.17. The van der Waals surface area contributed by atoms with Gasteiger partial charge in [0, 0.05) is 11.8 Å². The van der Waals surface area contributed by atoms with Crippen LogP contribution in [0.1, 0.15) is 22.3 Å². The van der Waals surface area contributed by atoms with E-state index < -0.39 is 5.97 Å². The Morgan fingerprint density at radius 3 is 2.58 bits per heavy atom. The summed E-state index contributed by atoms with van der Waals surface area (Å²) in [7, 11) is 0. The fraction of sp³-hybridized carbons (Fsp3) is 0.200. The Morgan fingerprint density at radius 1 is 1.08 bits per heavy atom. The molecule has 0 saturated heterocycles.